The molecule has 0 aromatic heterocycles. The summed E-state index contributed by atoms with van der Waals surface area (Å²) in [6, 6.07) is 12.1. The zero-order chi connectivity index (χ0) is 20.1. The van der Waals surface area contributed by atoms with E-state index in [2.05, 4.69) is 10.9 Å². The summed E-state index contributed by atoms with van der Waals surface area (Å²) in [7, 11) is 3.02. The van der Waals surface area contributed by atoms with Crippen molar-refractivity contribution in [2.24, 2.45) is 0 Å². The van der Waals surface area contributed by atoms with E-state index < -0.39 is 11.3 Å². The second-order valence-corrected chi connectivity index (χ2v) is 7.21. The van der Waals surface area contributed by atoms with Crippen molar-refractivity contribution in [3.63, 3.8) is 0 Å². The minimum absolute atomic E-state index is 0.221. The van der Waals surface area contributed by atoms with Gasteiger partial charge in [-0.05, 0) is 48.7 Å². The van der Waals surface area contributed by atoms with Crippen LogP contribution in [0.25, 0.3) is 0 Å². The molecule has 1 fully saturated rings. The minimum Gasteiger partial charge on any atom is -0.493 e. The van der Waals surface area contributed by atoms with Gasteiger partial charge in [-0.25, -0.2) is 0 Å². The molecule has 6 nitrogen and oxygen atoms in total. The highest BCUT2D eigenvalue weighted by Gasteiger charge is 2.42. The zero-order valence-electron chi connectivity index (χ0n) is 15.9. The Morgan fingerprint density at radius 1 is 0.929 bits per heavy atom. The molecule has 0 spiro atoms. The summed E-state index contributed by atoms with van der Waals surface area (Å²) in [5.41, 5.74) is 5.71. The van der Waals surface area contributed by atoms with E-state index >= 15 is 0 Å². The summed E-state index contributed by atoms with van der Waals surface area (Å²) in [5, 5.41) is 0.624. The molecule has 2 aromatic carbocycles. The van der Waals surface area contributed by atoms with Crippen molar-refractivity contribution in [3.8, 4) is 11.5 Å². The standard InChI is InChI=1S/C21H23ClN2O4/c1-27-17-10-5-14(13-18(17)28-2)19(25)23-24-20(26)21(11-3-4-12-21)15-6-8-16(22)9-7-15/h5-10,13H,3-4,11-12H2,1-2H3,(H,23,25)(H,24,26). The quantitative estimate of drug-likeness (QED) is 0.749. The van der Waals surface area contributed by atoms with Gasteiger partial charge in [-0.2, -0.15) is 0 Å². The number of carbonyl (C=O) groups is 2. The average molecular weight is 403 g/mol. The molecular weight excluding hydrogens is 380 g/mol. The number of rotatable bonds is 5. The molecule has 0 bridgehead atoms. The van der Waals surface area contributed by atoms with E-state index in [9.17, 15) is 9.59 Å². The van der Waals surface area contributed by atoms with Crippen LogP contribution < -0.4 is 20.3 Å². The summed E-state index contributed by atoms with van der Waals surface area (Å²) in [5.74, 6) is 0.311. The third kappa shape index (κ3) is 3.92. The van der Waals surface area contributed by atoms with Crippen LogP contribution in [0.5, 0.6) is 11.5 Å². The monoisotopic (exact) mass is 402 g/mol. The van der Waals surface area contributed by atoms with Crippen LogP contribution >= 0.6 is 11.6 Å². The molecular formula is C21H23ClN2O4. The Hall–Kier alpha value is -2.73. The maximum atomic E-state index is 13.0. The van der Waals surface area contributed by atoms with Crippen LogP contribution in [0.1, 0.15) is 41.6 Å². The van der Waals surface area contributed by atoms with Gasteiger partial charge in [0.05, 0.1) is 19.6 Å². The van der Waals surface area contributed by atoms with Crippen molar-refractivity contribution in [1.82, 2.24) is 10.9 Å². The van der Waals surface area contributed by atoms with Crippen LogP contribution in [-0.2, 0) is 10.2 Å². The lowest BCUT2D eigenvalue weighted by Gasteiger charge is -2.28. The Morgan fingerprint density at radius 2 is 1.57 bits per heavy atom. The van der Waals surface area contributed by atoms with Crippen molar-refractivity contribution in [2.75, 3.05) is 14.2 Å². The molecule has 3 rings (SSSR count). The molecule has 0 unspecified atom stereocenters. The zero-order valence-corrected chi connectivity index (χ0v) is 16.6. The van der Waals surface area contributed by atoms with E-state index in [1.165, 1.54) is 14.2 Å². The number of hydrogen-bond acceptors (Lipinski definition) is 4. The van der Waals surface area contributed by atoms with Crippen molar-refractivity contribution in [1.29, 1.82) is 0 Å². The lowest BCUT2D eigenvalue weighted by atomic mass is 9.78. The van der Waals surface area contributed by atoms with Gasteiger partial charge in [-0.15, -0.1) is 0 Å². The fourth-order valence-corrected chi connectivity index (χ4v) is 3.80. The first-order valence-electron chi connectivity index (χ1n) is 9.09. The summed E-state index contributed by atoms with van der Waals surface area (Å²) in [6.45, 7) is 0. The van der Waals surface area contributed by atoms with Gasteiger partial charge in [0.25, 0.3) is 5.91 Å². The number of methoxy groups -OCH3 is 2. The second kappa shape index (κ2) is 8.52. The Labute approximate surface area is 169 Å². The first kappa shape index (κ1) is 20.0. The highest BCUT2D eigenvalue weighted by molar-refractivity contribution is 6.30. The Kier molecular flexibility index (Phi) is 6.09. The van der Waals surface area contributed by atoms with E-state index in [0.29, 0.717) is 22.1 Å². The number of ether oxygens (including phenoxy) is 2. The lowest BCUT2D eigenvalue weighted by Crippen LogP contribution is -2.50. The fourth-order valence-electron chi connectivity index (χ4n) is 3.68. The van der Waals surface area contributed by atoms with Gasteiger partial charge in [0.15, 0.2) is 11.5 Å². The van der Waals surface area contributed by atoms with Crippen LogP contribution in [0.4, 0.5) is 0 Å². The molecule has 0 heterocycles. The molecule has 7 heteroatoms. The molecule has 0 saturated heterocycles. The lowest BCUT2D eigenvalue weighted by molar-refractivity contribution is -0.127. The average Bonchev–Trinajstić information content (AvgIpc) is 3.22. The van der Waals surface area contributed by atoms with Crippen molar-refractivity contribution in [2.45, 2.75) is 31.1 Å². The number of amides is 2. The SMILES string of the molecule is COc1ccc(C(=O)NNC(=O)C2(c3ccc(Cl)cc3)CCCC2)cc1OC. The molecule has 2 N–H and O–H groups in total. The van der Waals surface area contributed by atoms with Crippen LogP contribution in [-0.4, -0.2) is 26.0 Å². The molecule has 0 radical (unpaired) electrons. The summed E-state index contributed by atoms with van der Waals surface area (Å²) >= 11 is 5.98. The van der Waals surface area contributed by atoms with E-state index in [0.717, 1.165) is 31.2 Å². The maximum Gasteiger partial charge on any atom is 0.269 e. The highest BCUT2D eigenvalue weighted by atomic mass is 35.5. The van der Waals surface area contributed by atoms with Crippen molar-refractivity contribution < 1.29 is 19.1 Å². The predicted molar refractivity (Wildman–Crippen MR) is 107 cm³/mol. The van der Waals surface area contributed by atoms with Gasteiger partial charge in [0.2, 0.25) is 5.91 Å². The van der Waals surface area contributed by atoms with Gasteiger partial charge in [0.1, 0.15) is 0 Å². The molecule has 1 aliphatic carbocycles. The second-order valence-electron chi connectivity index (χ2n) is 6.77. The third-order valence-electron chi connectivity index (χ3n) is 5.22. The Morgan fingerprint density at radius 3 is 2.18 bits per heavy atom. The van der Waals surface area contributed by atoms with Gasteiger partial charge < -0.3 is 9.47 Å². The van der Waals surface area contributed by atoms with Crippen LogP contribution in [0.2, 0.25) is 5.02 Å². The first-order chi connectivity index (χ1) is 13.5. The van der Waals surface area contributed by atoms with Crippen LogP contribution in [0.15, 0.2) is 42.5 Å². The van der Waals surface area contributed by atoms with Gasteiger partial charge in [-0.1, -0.05) is 36.6 Å². The third-order valence-corrected chi connectivity index (χ3v) is 5.48. The molecule has 1 aliphatic rings. The van der Waals surface area contributed by atoms with Crippen LogP contribution in [0, 0.1) is 0 Å². The topological polar surface area (TPSA) is 76.7 Å². The van der Waals surface area contributed by atoms with Gasteiger partial charge in [-0.3, -0.25) is 20.4 Å². The molecule has 0 aliphatic heterocycles. The first-order valence-corrected chi connectivity index (χ1v) is 9.47. The summed E-state index contributed by atoms with van der Waals surface area (Å²) in [4.78, 5) is 25.5. The molecule has 148 valence electrons. The molecule has 2 amide bonds. The molecule has 2 aromatic rings. The number of hydrogen-bond donors (Lipinski definition) is 2. The van der Waals surface area contributed by atoms with E-state index in [4.69, 9.17) is 21.1 Å². The van der Waals surface area contributed by atoms with E-state index in [1.54, 1.807) is 30.3 Å². The smallest absolute Gasteiger partial charge is 0.269 e. The normalized spacial score (nSPS) is 15.0. The number of carbonyl (C=O) groups excluding carboxylic acids is 2. The fraction of sp³-hybridized carbons (Fsp3) is 0.333. The highest BCUT2D eigenvalue weighted by Crippen LogP contribution is 2.41. The number of benzene rings is 2. The Balaban J connectivity index is 1.73. The van der Waals surface area contributed by atoms with Crippen LogP contribution in [0.3, 0.4) is 0 Å². The van der Waals surface area contributed by atoms with Gasteiger partial charge in [0, 0.05) is 10.6 Å². The summed E-state index contributed by atoms with van der Waals surface area (Å²) in [6.07, 6.45) is 3.37. The van der Waals surface area contributed by atoms with Gasteiger partial charge >= 0.3 is 0 Å². The number of nitrogens with one attached hydrogen (secondary N) is 2. The largest absolute Gasteiger partial charge is 0.493 e. The molecule has 28 heavy (non-hydrogen) atoms. The van der Waals surface area contributed by atoms with E-state index in [-0.39, 0.29) is 5.91 Å². The van der Waals surface area contributed by atoms with E-state index in [1.807, 2.05) is 12.1 Å². The van der Waals surface area contributed by atoms with Crippen molar-refractivity contribution in [3.05, 3.63) is 58.6 Å². The van der Waals surface area contributed by atoms with Crippen molar-refractivity contribution >= 4 is 23.4 Å². The Bertz CT molecular complexity index is 861. The predicted octanol–water partition coefficient (Wildman–Crippen LogP) is 3.63. The number of halogens is 1. The minimum atomic E-state index is -0.657. The summed E-state index contributed by atoms with van der Waals surface area (Å²) < 4.78 is 10.4. The maximum absolute atomic E-state index is 13.0. The number of hydrazine groups is 1. The molecule has 0 atom stereocenters. The molecule has 1 saturated carbocycles.